The highest BCUT2D eigenvalue weighted by molar-refractivity contribution is 6.25. The zero-order chi connectivity index (χ0) is 28.3. The summed E-state index contributed by atoms with van der Waals surface area (Å²) in [5.41, 5.74) is 13.5. The van der Waals surface area contributed by atoms with Crippen molar-refractivity contribution in [1.82, 2.24) is 0 Å². The lowest BCUT2D eigenvalue weighted by Crippen LogP contribution is -1.95. The largest absolute Gasteiger partial charge is 0.456 e. The van der Waals surface area contributed by atoms with E-state index in [1.807, 2.05) is 24.3 Å². The third-order valence-corrected chi connectivity index (χ3v) is 9.74. The van der Waals surface area contributed by atoms with Crippen molar-refractivity contribution in [3.8, 4) is 33.4 Å². The van der Waals surface area contributed by atoms with Gasteiger partial charge in [0, 0.05) is 43.8 Å². The minimum atomic E-state index is 0.835. The second-order valence-corrected chi connectivity index (χ2v) is 12.0. The van der Waals surface area contributed by atoms with Crippen molar-refractivity contribution in [3.63, 3.8) is 0 Å². The van der Waals surface area contributed by atoms with Gasteiger partial charge >= 0.3 is 0 Å². The first-order valence-electron chi connectivity index (χ1n) is 14.8. The Bertz CT molecular complexity index is 2840. The van der Waals surface area contributed by atoms with Gasteiger partial charge in [-0.15, -0.1) is 0 Å². The molecule has 202 valence electrons. The summed E-state index contributed by atoms with van der Waals surface area (Å²) in [6.07, 6.45) is 0. The molecule has 12 rings (SSSR count). The summed E-state index contributed by atoms with van der Waals surface area (Å²) in [4.78, 5) is 0. The Morgan fingerprint density at radius 3 is 1.07 bits per heavy atom. The van der Waals surface area contributed by atoms with Gasteiger partial charge < -0.3 is 17.7 Å². The Morgan fingerprint density at radius 1 is 0.273 bits per heavy atom. The van der Waals surface area contributed by atoms with Crippen LogP contribution in [0.1, 0.15) is 0 Å². The summed E-state index contributed by atoms with van der Waals surface area (Å²) in [7, 11) is 0. The average molecular weight is 563 g/mol. The molecule has 0 fully saturated rings. The molecule has 0 unspecified atom stereocenters. The van der Waals surface area contributed by atoms with Crippen LogP contribution in [0.3, 0.4) is 0 Å². The minimum absolute atomic E-state index is 0.835. The molecular weight excluding hydrogens is 544 g/mol. The van der Waals surface area contributed by atoms with Crippen molar-refractivity contribution in [3.05, 3.63) is 109 Å². The Kier molecular flexibility index (Phi) is 3.51. The molecule has 0 spiro atoms. The minimum Gasteiger partial charge on any atom is -0.456 e. The Hall–Kier alpha value is -6.00. The van der Waals surface area contributed by atoms with Gasteiger partial charge in [-0.2, -0.15) is 0 Å². The average Bonchev–Trinajstić information content (AvgIpc) is 3.06. The number of benzene rings is 8. The molecule has 0 bridgehead atoms. The van der Waals surface area contributed by atoms with Gasteiger partial charge in [0.2, 0.25) is 0 Å². The van der Waals surface area contributed by atoms with Gasteiger partial charge in [-0.05, 0) is 93.3 Å². The molecular formula is C40H18O4. The molecule has 44 heavy (non-hydrogen) atoms. The molecule has 0 radical (unpaired) electrons. The normalized spacial score (nSPS) is 13.0. The SMILES string of the molecule is c1cc2ccc3oc4cc(-c5cc6ccc7oc8cccc9ccc%10oc(c5)c6c7-c%10c98)cc5ccc6oc(c1)c2c3-c6c54. The maximum Gasteiger partial charge on any atom is 0.136 e. The van der Waals surface area contributed by atoms with E-state index in [0.29, 0.717) is 0 Å². The van der Waals surface area contributed by atoms with E-state index in [2.05, 4.69) is 84.9 Å². The summed E-state index contributed by atoms with van der Waals surface area (Å²) in [5, 5.41) is 8.91. The van der Waals surface area contributed by atoms with E-state index in [1.165, 1.54) is 0 Å². The van der Waals surface area contributed by atoms with Crippen LogP contribution in [-0.4, -0.2) is 0 Å². The first-order valence-corrected chi connectivity index (χ1v) is 14.8. The maximum absolute atomic E-state index is 6.68. The molecule has 4 aliphatic heterocycles. The van der Waals surface area contributed by atoms with E-state index in [-0.39, 0.29) is 0 Å². The van der Waals surface area contributed by atoms with E-state index in [9.17, 15) is 0 Å². The van der Waals surface area contributed by atoms with Crippen LogP contribution in [0.5, 0.6) is 0 Å². The first kappa shape index (κ1) is 21.7. The molecule has 4 heteroatoms. The highest BCUT2D eigenvalue weighted by Gasteiger charge is 2.27. The van der Waals surface area contributed by atoms with Gasteiger partial charge in [0.1, 0.15) is 44.7 Å². The van der Waals surface area contributed by atoms with Crippen LogP contribution >= 0.6 is 0 Å². The Morgan fingerprint density at radius 2 is 0.636 bits per heavy atom. The van der Waals surface area contributed by atoms with Crippen molar-refractivity contribution in [2.24, 2.45) is 0 Å². The zero-order valence-corrected chi connectivity index (χ0v) is 23.0. The summed E-state index contributed by atoms with van der Waals surface area (Å²) in [6.45, 7) is 0. The standard InChI is InChI=1S/C40H18O4/c1-3-19-7-11-29-37-33(19)25(5-1)41-27-13-9-21-15-23(17-31(43-29)35(21)39(27)37)24-16-22-10-14-28-40-36(22)32(18-24)44-30-12-8-20-4-2-6-26(42-28)34(20)38(30)40/h1-18H. The van der Waals surface area contributed by atoms with Crippen molar-refractivity contribution < 1.29 is 17.7 Å². The van der Waals surface area contributed by atoms with Crippen LogP contribution in [-0.2, 0) is 0 Å². The van der Waals surface area contributed by atoms with E-state index < -0.39 is 0 Å². The van der Waals surface area contributed by atoms with Crippen molar-refractivity contribution in [1.29, 1.82) is 0 Å². The second kappa shape index (κ2) is 7.13. The maximum atomic E-state index is 6.68. The summed E-state index contributed by atoms with van der Waals surface area (Å²) >= 11 is 0. The molecule has 0 aliphatic carbocycles. The fraction of sp³-hybridized carbons (Fsp3) is 0. The Labute approximate surface area is 247 Å². The molecule has 8 aromatic rings. The third kappa shape index (κ3) is 2.46. The number of hydrogen-bond donors (Lipinski definition) is 0. The lowest BCUT2D eigenvalue weighted by atomic mass is 9.88. The summed E-state index contributed by atoms with van der Waals surface area (Å²) < 4.78 is 26.2. The van der Waals surface area contributed by atoms with Crippen LogP contribution in [0.2, 0.25) is 0 Å². The molecule has 0 amide bonds. The Balaban J connectivity index is 1.18. The molecule has 0 atom stereocenters. The topological polar surface area (TPSA) is 52.6 Å². The van der Waals surface area contributed by atoms with Gasteiger partial charge in [-0.3, -0.25) is 0 Å². The highest BCUT2D eigenvalue weighted by Crippen LogP contribution is 2.51. The molecule has 8 aromatic carbocycles. The van der Waals surface area contributed by atoms with Crippen molar-refractivity contribution in [2.75, 3.05) is 0 Å². The number of rotatable bonds is 1. The van der Waals surface area contributed by atoms with E-state index in [0.717, 1.165) is 121 Å². The van der Waals surface area contributed by atoms with E-state index >= 15 is 0 Å². The summed E-state index contributed by atoms with van der Waals surface area (Å²) in [5.74, 6) is 0. The van der Waals surface area contributed by atoms with Gasteiger partial charge in [0.25, 0.3) is 0 Å². The third-order valence-electron chi connectivity index (χ3n) is 9.74. The lowest BCUT2D eigenvalue weighted by molar-refractivity contribution is 0.646. The molecule has 0 N–H and O–H groups in total. The fourth-order valence-corrected chi connectivity index (χ4v) is 7.94. The summed E-state index contributed by atoms with van der Waals surface area (Å²) in [6, 6.07) is 38.0. The smallest absolute Gasteiger partial charge is 0.136 e. The van der Waals surface area contributed by atoms with Crippen LogP contribution in [0.25, 0.3) is 121 Å². The molecule has 4 heterocycles. The molecule has 0 aromatic heterocycles. The monoisotopic (exact) mass is 562 g/mol. The van der Waals surface area contributed by atoms with Crippen molar-refractivity contribution in [2.45, 2.75) is 0 Å². The second-order valence-electron chi connectivity index (χ2n) is 12.0. The predicted octanol–water partition coefficient (Wildman–Crippen LogP) is 12.0. The highest BCUT2D eigenvalue weighted by atomic mass is 16.3. The van der Waals surface area contributed by atoms with E-state index in [1.54, 1.807) is 0 Å². The predicted molar refractivity (Wildman–Crippen MR) is 177 cm³/mol. The van der Waals surface area contributed by atoms with E-state index in [4.69, 9.17) is 17.7 Å². The van der Waals surface area contributed by atoms with Gasteiger partial charge in [-0.25, -0.2) is 0 Å². The van der Waals surface area contributed by atoms with Gasteiger partial charge in [-0.1, -0.05) is 48.5 Å². The van der Waals surface area contributed by atoms with Gasteiger partial charge in [0.15, 0.2) is 0 Å². The molecule has 0 saturated heterocycles. The van der Waals surface area contributed by atoms with Crippen LogP contribution in [0, 0.1) is 0 Å². The van der Waals surface area contributed by atoms with Crippen LogP contribution in [0.4, 0.5) is 0 Å². The van der Waals surface area contributed by atoms with Crippen LogP contribution < -0.4 is 0 Å². The quantitative estimate of drug-likeness (QED) is 0.147. The zero-order valence-electron chi connectivity index (χ0n) is 23.0. The van der Waals surface area contributed by atoms with Crippen molar-refractivity contribution >= 4 is 87.8 Å². The van der Waals surface area contributed by atoms with Crippen LogP contribution in [0.15, 0.2) is 127 Å². The lowest BCUT2D eigenvalue weighted by Gasteiger charge is -2.21. The molecule has 0 saturated carbocycles. The molecule has 4 nitrogen and oxygen atoms in total. The first-order chi connectivity index (χ1) is 21.8. The fourth-order valence-electron chi connectivity index (χ4n) is 7.94. The van der Waals surface area contributed by atoms with Gasteiger partial charge in [0.05, 0.1) is 0 Å². The molecule has 4 aliphatic rings. The number of hydrogen-bond acceptors (Lipinski definition) is 4.